The number of amides is 2. The maximum absolute atomic E-state index is 12.1. The summed E-state index contributed by atoms with van der Waals surface area (Å²) in [5.41, 5.74) is 2.12. The molecule has 1 saturated heterocycles. The molecule has 1 aliphatic heterocycles. The Kier molecular flexibility index (Phi) is 5.91. The van der Waals surface area contributed by atoms with Crippen molar-refractivity contribution in [2.24, 2.45) is 0 Å². The molecule has 120 valence electrons. The van der Waals surface area contributed by atoms with Gasteiger partial charge < -0.3 is 20.7 Å². The molecule has 22 heavy (non-hydrogen) atoms. The summed E-state index contributed by atoms with van der Waals surface area (Å²) in [6.07, 6.45) is 0.207. The number of aryl methyl sites for hydroxylation is 1. The van der Waals surface area contributed by atoms with Crippen molar-refractivity contribution >= 4 is 17.5 Å². The number of anilines is 1. The van der Waals surface area contributed by atoms with Gasteiger partial charge in [-0.1, -0.05) is 6.07 Å². The molecule has 6 heteroatoms. The SMILES string of the molecule is CCNC(=O)c1ccc(C)c(NC(=O)CC2CNCCO2)c1. The smallest absolute Gasteiger partial charge is 0.251 e. The number of rotatable bonds is 5. The topological polar surface area (TPSA) is 79.5 Å². The van der Waals surface area contributed by atoms with Crippen molar-refractivity contribution in [3.63, 3.8) is 0 Å². The molecule has 1 fully saturated rings. The molecule has 0 bridgehead atoms. The van der Waals surface area contributed by atoms with Gasteiger partial charge in [-0.15, -0.1) is 0 Å². The average Bonchev–Trinajstić information content (AvgIpc) is 2.50. The average molecular weight is 305 g/mol. The first kappa shape index (κ1) is 16.5. The Labute approximate surface area is 130 Å². The molecule has 1 aromatic carbocycles. The highest BCUT2D eigenvalue weighted by molar-refractivity contribution is 5.97. The molecule has 0 aromatic heterocycles. The van der Waals surface area contributed by atoms with Crippen LogP contribution in [0.1, 0.15) is 29.3 Å². The number of carbonyl (C=O) groups is 2. The van der Waals surface area contributed by atoms with E-state index in [0.29, 0.717) is 37.4 Å². The second-order valence-corrected chi connectivity index (χ2v) is 5.34. The molecular formula is C16H23N3O3. The number of hydrogen-bond acceptors (Lipinski definition) is 4. The molecule has 1 atom stereocenters. The van der Waals surface area contributed by atoms with Gasteiger partial charge in [-0.05, 0) is 31.5 Å². The van der Waals surface area contributed by atoms with Gasteiger partial charge in [0.25, 0.3) is 5.91 Å². The van der Waals surface area contributed by atoms with Crippen LogP contribution >= 0.6 is 0 Å². The lowest BCUT2D eigenvalue weighted by molar-refractivity contribution is -0.119. The minimum Gasteiger partial charge on any atom is -0.375 e. The van der Waals surface area contributed by atoms with E-state index in [9.17, 15) is 9.59 Å². The molecule has 1 aromatic rings. The van der Waals surface area contributed by atoms with Crippen LogP contribution in [0, 0.1) is 6.92 Å². The summed E-state index contributed by atoms with van der Waals surface area (Å²) in [6, 6.07) is 5.29. The third-order valence-electron chi connectivity index (χ3n) is 3.53. The van der Waals surface area contributed by atoms with E-state index in [1.807, 2.05) is 19.9 Å². The third-order valence-corrected chi connectivity index (χ3v) is 3.53. The Balaban J connectivity index is 1.99. The van der Waals surface area contributed by atoms with Crippen molar-refractivity contribution in [1.29, 1.82) is 0 Å². The van der Waals surface area contributed by atoms with Crippen molar-refractivity contribution in [3.8, 4) is 0 Å². The van der Waals surface area contributed by atoms with Crippen LogP contribution in [-0.2, 0) is 9.53 Å². The van der Waals surface area contributed by atoms with Crippen molar-refractivity contribution < 1.29 is 14.3 Å². The first-order chi connectivity index (χ1) is 10.6. The van der Waals surface area contributed by atoms with Gasteiger partial charge in [0.2, 0.25) is 5.91 Å². The number of morpholine rings is 1. The molecule has 3 N–H and O–H groups in total. The summed E-state index contributed by atoms with van der Waals surface area (Å²) in [5.74, 6) is -0.248. The van der Waals surface area contributed by atoms with Crippen LogP contribution in [0.2, 0.25) is 0 Å². The Bertz CT molecular complexity index is 539. The number of benzene rings is 1. The molecule has 0 saturated carbocycles. The van der Waals surface area contributed by atoms with Crippen LogP contribution in [0.25, 0.3) is 0 Å². The normalized spacial score (nSPS) is 17.8. The fourth-order valence-electron chi connectivity index (χ4n) is 2.32. The number of ether oxygens (including phenoxy) is 1. The van der Waals surface area contributed by atoms with E-state index >= 15 is 0 Å². The van der Waals surface area contributed by atoms with E-state index in [0.717, 1.165) is 12.1 Å². The number of nitrogens with one attached hydrogen (secondary N) is 3. The van der Waals surface area contributed by atoms with Crippen LogP contribution in [0.3, 0.4) is 0 Å². The zero-order valence-corrected chi connectivity index (χ0v) is 13.1. The second kappa shape index (κ2) is 7.91. The standard InChI is InChI=1S/C16H23N3O3/c1-3-18-16(21)12-5-4-11(2)14(8-12)19-15(20)9-13-10-17-6-7-22-13/h4-5,8,13,17H,3,6-7,9-10H2,1-2H3,(H,18,21)(H,19,20). The van der Waals surface area contributed by atoms with E-state index in [1.165, 1.54) is 0 Å². The highest BCUT2D eigenvalue weighted by Gasteiger charge is 2.18. The number of hydrogen-bond donors (Lipinski definition) is 3. The van der Waals surface area contributed by atoms with E-state index < -0.39 is 0 Å². The van der Waals surface area contributed by atoms with Gasteiger partial charge in [0.1, 0.15) is 0 Å². The molecule has 1 aliphatic rings. The summed E-state index contributed by atoms with van der Waals surface area (Å²) in [7, 11) is 0. The van der Waals surface area contributed by atoms with Crippen LogP contribution in [0.4, 0.5) is 5.69 Å². The summed E-state index contributed by atoms with van der Waals surface area (Å²) >= 11 is 0. The quantitative estimate of drug-likeness (QED) is 0.760. The highest BCUT2D eigenvalue weighted by atomic mass is 16.5. The summed E-state index contributed by atoms with van der Waals surface area (Å²) < 4.78 is 5.52. The lowest BCUT2D eigenvalue weighted by Crippen LogP contribution is -2.40. The summed E-state index contributed by atoms with van der Waals surface area (Å²) in [4.78, 5) is 24.0. The molecule has 0 aliphatic carbocycles. The molecular weight excluding hydrogens is 282 g/mol. The van der Waals surface area contributed by atoms with E-state index in [-0.39, 0.29) is 17.9 Å². The minimum atomic E-state index is -0.141. The van der Waals surface area contributed by atoms with Crippen molar-refractivity contribution in [2.75, 3.05) is 31.6 Å². The molecule has 0 radical (unpaired) electrons. The number of carbonyl (C=O) groups excluding carboxylic acids is 2. The molecule has 1 heterocycles. The second-order valence-electron chi connectivity index (χ2n) is 5.34. The van der Waals surface area contributed by atoms with Crippen LogP contribution in [0.15, 0.2) is 18.2 Å². The Morgan fingerprint density at radius 1 is 1.41 bits per heavy atom. The Morgan fingerprint density at radius 2 is 2.23 bits per heavy atom. The van der Waals surface area contributed by atoms with Crippen LogP contribution < -0.4 is 16.0 Å². The van der Waals surface area contributed by atoms with Gasteiger partial charge in [0, 0.05) is 30.9 Å². The third kappa shape index (κ3) is 4.54. The van der Waals surface area contributed by atoms with Gasteiger partial charge in [-0.2, -0.15) is 0 Å². The fourth-order valence-corrected chi connectivity index (χ4v) is 2.32. The van der Waals surface area contributed by atoms with Gasteiger partial charge in [-0.25, -0.2) is 0 Å². The van der Waals surface area contributed by atoms with Gasteiger partial charge in [-0.3, -0.25) is 9.59 Å². The van der Waals surface area contributed by atoms with Gasteiger partial charge >= 0.3 is 0 Å². The van der Waals surface area contributed by atoms with Gasteiger partial charge in [0.15, 0.2) is 0 Å². The summed E-state index contributed by atoms with van der Waals surface area (Å²) in [6.45, 7) is 6.48. The molecule has 2 amide bonds. The summed E-state index contributed by atoms with van der Waals surface area (Å²) in [5, 5.41) is 8.81. The molecule has 0 spiro atoms. The van der Waals surface area contributed by atoms with Crippen molar-refractivity contribution in [1.82, 2.24) is 10.6 Å². The van der Waals surface area contributed by atoms with Gasteiger partial charge in [0.05, 0.1) is 19.1 Å². The van der Waals surface area contributed by atoms with E-state index in [1.54, 1.807) is 12.1 Å². The fraction of sp³-hybridized carbons (Fsp3) is 0.500. The monoisotopic (exact) mass is 305 g/mol. The lowest BCUT2D eigenvalue weighted by Gasteiger charge is -2.23. The molecule has 2 rings (SSSR count). The Hall–Kier alpha value is -1.92. The lowest BCUT2D eigenvalue weighted by atomic mass is 10.1. The predicted octanol–water partition coefficient (Wildman–Crippen LogP) is 1.06. The largest absolute Gasteiger partial charge is 0.375 e. The maximum atomic E-state index is 12.1. The van der Waals surface area contributed by atoms with Crippen LogP contribution in [-0.4, -0.2) is 44.2 Å². The zero-order valence-electron chi connectivity index (χ0n) is 13.1. The first-order valence-corrected chi connectivity index (χ1v) is 7.61. The maximum Gasteiger partial charge on any atom is 0.251 e. The molecule has 6 nitrogen and oxygen atoms in total. The van der Waals surface area contributed by atoms with Crippen LogP contribution in [0.5, 0.6) is 0 Å². The first-order valence-electron chi connectivity index (χ1n) is 7.61. The van der Waals surface area contributed by atoms with Crippen molar-refractivity contribution in [2.45, 2.75) is 26.4 Å². The Morgan fingerprint density at radius 3 is 2.91 bits per heavy atom. The molecule has 1 unspecified atom stereocenters. The van der Waals surface area contributed by atoms with E-state index in [4.69, 9.17) is 4.74 Å². The van der Waals surface area contributed by atoms with Crippen molar-refractivity contribution in [3.05, 3.63) is 29.3 Å². The highest BCUT2D eigenvalue weighted by Crippen LogP contribution is 2.18. The van der Waals surface area contributed by atoms with E-state index in [2.05, 4.69) is 16.0 Å². The zero-order chi connectivity index (χ0) is 15.9. The predicted molar refractivity (Wildman–Crippen MR) is 85.0 cm³/mol. The minimum absolute atomic E-state index is 0.0966.